The Morgan fingerprint density at radius 3 is 2.73 bits per heavy atom. The molecule has 0 aliphatic heterocycles. The molecule has 1 nitrogen and oxygen atoms in total. The summed E-state index contributed by atoms with van der Waals surface area (Å²) in [5, 5.41) is 0. The molecule has 0 saturated heterocycles. The lowest BCUT2D eigenvalue weighted by Crippen LogP contribution is -1.87. The number of ketones is 1. The number of hydrogen-bond donors (Lipinski definition) is 0. The van der Waals surface area contributed by atoms with Crippen LogP contribution in [0.3, 0.4) is 0 Å². The van der Waals surface area contributed by atoms with Gasteiger partial charge in [-0.15, -0.1) is 0 Å². The van der Waals surface area contributed by atoms with Crippen LogP contribution < -0.4 is 0 Å². The molecule has 0 amide bonds. The highest BCUT2D eigenvalue weighted by atomic mass is 32.2. The first-order chi connectivity index (χ1) is 7.33. The van der Waals surface area contributed by atoms with Crippen molar-refractivity contribution in [2.24, 2.45) is 0 Å². The normalized spacial score (nSPS) is 10.7. The van der Waals surface area contributed by atoms with Crippen LogP contribution in [0, 0.1) is 0 Å². The summed E-state index contributed by atoms with van der Waals surface area (Å²) in [6.45, 7) is 1.88. The van der Waals surface area contributed by atoms with Crippen LogP contribution in [-0.4, -0.2) is 11.5 Å². The molecule has 0 spiro atoms. The van der Waals surface area contributed by atoms with Gasteiger partial charge in [-0.1, -0.05) is 43.3 Å². The Balaban J connectivity index is 2.17. The van der Waals surface area contributed by atoms with Crippen molar-refractivity contribution in [1.29, 1.82) is 0 Å². The van der Waals surface area contributed by atoms with E-state index in [0.29, 0.717) is 6.42 Å². The van der Waals surface area contributed by atoms with Crippen molar-refractivity contribution in [3.05, 3.63) is 48.0 Å². The van der Waals surface area contributed by atoms with Crippen LogP contribution in [0.1, 0.15) is 18.9 Å². The van der Waals surface area contributed by atoms with Crippen molar-refractivity contribution in [3.63, 3.8) is 0 Å². The van der Waals surface area contributed by atoms with Gasteiger partial charge in [0.05, 0.1) is 0 Å². The van der Waals surface area contributed by atoms with Crippen LogP contribution >= 0.6 is 11.8 Å². The fraction of sp³-hybridized carbons (Fsp3) is 0.308. The molecule has 0 atom stereocenters. The third-order valence-corrected chi connectivity index (χ3v) is 2.94. The highest BCUT2D eigenvalue weighted by Crippen LogP contribution is 2.11. The predicted molar refractivity (Wildman–Crippen MR) is 67.0 cm³/mol. The highest BCUT2D eigenvalue weighted by molar-refractivity contribution is 7.98. The molecule has 0 unspecified atom stereocenters. The number of thioether (sulfide) groups is 1. The van der Waals surface area contributed by atoms with Gasteiger partial charge in [0, 0.05) is 17.9 Å². The first kappa shape index (κ1) is 12.1. The van der Waals surface area contributed by atoms with Gasteiger partial charge >= 0.3 is 0 Å². The van der Waals surface area contributed by atoms with E-state index in [2.05, 4.69) is 12.1 Å². The fourth-order valence-electron chi connectivity index (χ4n) is 1.12. The summed E-state index contributed by atoms with van der Waals surface area (Å²) in [6, 6.07) is 10.4. The number of hydrogen-bond acceptors (Lipinski definition) is 2. The average molecular weight is 220 g/mol. The Kier molecular flexibility index (Phi) is 5.86. The molecule has 1 aromatic carbocycles. The lowest BCUT2D eigenvalue weighted by atomic mass is 10.2. The van der Waals surface area contributed by atoms with Crippen molar-refractivity contribution >= 4 is 17.5 Å². The minimum atomic E-state index is 0.204. The molecule has 2 heteroatoms. The maximum Gasteiger partial charge on any atom is 0.155 e. The lowest BCUT2D eigenvalue weighted by Gasteiger charge is -1.97. The zero-order chi connectivity index (χ0) is 10.9. The maximum absolute atomic E-state index is 10.9. The van der Waals surface area contributed by atoms with Crippen molar-refractivity contribution in [2.45, 2.75) is 19.1 Å². The molecule has 1 rings (SSSR count). The zero-order valence-corrected chi connectivity index (χ0v) is 9.80. The van der Waals surface area contributed by atoms with E-state index in [9.17, 15) is 4.79 Å². The number of rotatable bonds is 6. The molecule has 0 heterocycles. The first-order valence-corrected chi connectivity index (χ1v) is 6.29. The summed E-state index contributed by atoms with van der Waals surface area (Å²) < 4.78 is 0. The Morgan fingerprint density at radius 1 is 1.33 bits per heavy atom. The van der Waals surface area contributed by atoms with Crippen LogP contribution in [0.4, 0.5) is 0 Å². The third kappa shape index (κ3) is 5.43. The van der Waals surface area contributed by atoms with Gasteiger partial charge in [0.1, 0.15) is 0 Å². The van der Waals surface area contributed by atoms with E-state index < -0.39 is 0 Å². The molecule has 0 aliphatic carbocycles. The number of allylic oxidation sites excluding steroid dienone is 1. The summed E-state index contributed by atoms with van der Waals surface area (Å²) in [5.41, 5.74) is 1.33. The van der Waals surface area contributed by atoms with Crippen LogP contribution in [0.15, 0.2) is 42.5 Å². The second-order valence-corrected chi connectivity index (χ2v) is 4.25. The summed E-state index contributed by atoms with van der Waals surface area (Å²) in [6.07, 6.45) is 4.22. The molecule has 0 aliphatic rings. The quantitative estimate of drug-likeness (QED) is 0.539. The topological polar surface area (TPSA) is 17.1 Å². The fourth-order valence-corrected chi connectivity index (χ4v) is 1.89. The Labute approximate surface area is 95.6 Å². The molecule has 1 aromatic rings. The van der Waals surface area contributed by atoms with Gasteiger partial charge < -0.3 is 0 Å². The molecular formula is C13H16OS. The van der Waals surface area contributed by atoms with Gasteiger partial charge in [-0.05, 0) is 11.6 Å². The van der Waals surface area contributed by atoms with Gasteiger partial charge in [0.25, 0.3) is 0 Å². The monoisotopic (exact) mass is 220 g/mol. The second kappa shape index (κ2) is 7.30. The maximum atomic E-state index is 10.9. The molecule has 0 bridgehead atoms. The van der Waals surface area contributed by atoms with Gasteiger partial charge in [0.2, 0.25) is 0 Å². The number of carbonyl (C=O) groups is 1. The molecule has 0 radical (unpaired) electrons. The third-order valence-electron chi connectivity index (χ3n) is 1.98. The second-order valence-electron chi connectivity index (χ2n) is 3.22. The summed E-state index contributed by atoms with van der Waals surface area (Å²) in [5.74, 6) is 2.11. The van der Waals surface area contributed by atoms with Crippen LogP contribution in [0.5, 0.6) is 0 Å². The molecule has 0 N–H and O–H groups in total. The lowest BCUT2D eigenvalue weighted by molar-refractivity contribution is -0.114. The Bertz CT molecular complexity index is 317. The minimum absolute atomic E-state index is 0.204. The van der Waals surface area contributed by atoms with E-state index in [1.54, 1.807) is 6.08 Å². The van der Waals surface area contributed by atoms with E-state index in [1.807, 2.05) is 43.0 Å². The van der Waals surface area contributed by atoms with E-state index in [0.717, 1.165) is 11.5 Å². The van der Waals surface area contributed by atoms with E-state index >= 15 is 0 Å². The van der Waals surface area contributed by atoms with Crippen molar-refractivity contribution in [2.75, 3.05) is 5.75 Å². The van der Waals surface area contributed by atoms with Crippen LogP contribution in [0.2, 0.25) is 0 Å². The van der Waals surface area contributed by atoms with E-state index in [4.69, 9.17) is 0 Å². The van der Waals surface area contributed by atoms with Crippen molar-refractivity contribution < 1.29 is 4.79 Å². The smallest absolute Gasteiger partial charge is 0.155 e. The zero-order valence-electron chi connectivity index (χ0n) is 8.98. The van der Waals surface area contributed by atoms with Gasteiger partial charge in [-0.3, -0.25) is 4.79 Å². The first-order valence-electron chi connectivity index (χ1n) is 5.14. The number of carbonyl (C=O) groups excluding carboxylic acids is 1. The SMILES string of the molecule is CCC(=O)/C=C/CSCc1ccccc1. The van der Waals surface area contributed by atoms with E-state index in [-0.39, 0.29) is 5.78 Å². The molecule has 0 fully saturated rings. The Morgan fingerprint density at radius 2 is 2.07 bits per heavy atom. The highest BCUT2D eigenvalue weighted by Gasteiger charge is 1.91. The Hall–Kier alpha value is -1.02. The number of benzene rings is 1. The minimum Gasteiger partial charge on any atom is -0.295 e. The molecular weight excluding hydrogens is 204 g/mol. The van der Waals surface area contributed by atoms with Crippen LogP contribution in [0.25, 0.3) is 0 Å². The van der Waals surface area contributed by atoms with Gasteiger partial charge in [0.15, 0.2) is 5.78 Å². The van der Waals surface area contributed by atoms with Gasteiger partial charge in [-0.2, -0.15) is 11.8 Å². The van der Waals surface area contributed by atoms with Crippen molar-refractivity contribution in [1.82, 2.24) is 0 Å². The summed E-state index contributed by atoms with van der Waals surface area (Å²) in [4.78, 5) is 10.9. The summed E-state index contributed by atoms with van der Waals surface area (Å²) in [7, 11) is 0. The molecule has 15 heavy (non-hydrogen) atoms. The molecule has 0 aromatic heterocycles. The summed E-state index contributed by atoms with van der Waals surface area (Å²) >= 11 is 1.82. The molecule has 80 valence electrons. The van der Waals surface area contributed by atoms with E-state index in [1.165, 1.54) is 5.56 Å². The largest absolute Gasteiger partial charge is 0.295 e. The standard InChI is InChI=1S/C13H16OS/c1-2-13(14)9-6-10-15-11-12-7-4-3-5-8-12/h3-9H,2,10-11H2,1H3/b9-6+. The van der Waals surface area contributed by atoms with Gasteiger partial charge in [-0.25, -0.2) is 0 Å². The van der Waals surface area contributed by atoms with Crippen molar-refractivity contribution in [3.8, 4) is 0 Å². The predicted octanol–water partition coefficient (Wildman–Crippen LogP) is 3.46. The van der Waals surface area contributed by atoms with Crippen LogP contribution in [-0.2, 0) is 10.5 Å². The molecule has 0 saturated carbocycles. The average Bonchev–Trinajstić information content (AvgIpc) is 2.29.